The molecular weight excluding hydrogens is 583 g/mol. The van der Waals surface area contributed by atoms with Crippen molar-refractivity contribution in [2.45, 2.75) is 157 Å². The van der Waals surface area contributed by atoms with Gasteiger partial charge < -0.3 is 15.3 Å². The fourth-order valence-electron chi connectivity index (χ4n) is 4.81. The number of hydrogen-bond donors (Lipinski definition) is 3. The van der Waals surface area contributed by atoms with E-state index in [2.05, 4.69) is 143 Å². The lowest BCUT2D eigenvalue weighted by Crippen LogP contribution is -2.16. The van der Waals surface area contributed by atoms with Crippen molar-refractivity contribution in [2.24, 2.45) is 0 Å². The zero-order valence-electron chi connectivity index (χ0n) is 32.7. The Bertz CT molecular complexity index is 1230. The predicted octanol–water partition coefficient (Wildman–Crippen LogP) is 12.0. The summed E-state index contributed by atoms with van der Waals surface area (Å²) in [5, 5.41) is 29.5. The van der Waals surface area contributed by atoms with Gasteiger partial charge in [0.1, 0.15) is 17.2 Å². The summed E-state index contributed by atoms with van der Waals surface area (Å²) >= 11 is 0. The van der Waals surface area contributed by atoms with E-state index in [0.29, 0.717) is 17.2 Å². The van der Waals surface area contributed by atoms with Crippen molar-refractivity contribution in [3.63, 3.8) is 0 Å². The molecule has 3 aromatic rings. The molecule has 46 heavy (non-hydrogen) atoms. The Morgan fingerprint density at radius 3 is 0.609 bits per heavy atom. The quantitative estimate of drug-likeness (QED) is 0.212. The van der Waals surface area contributed by atoms with Crippen molar-refractivity contribution in [1.29, 1.82) is 0 Å². The number of rotatable bonds is 0. The number of phenols is 3. The molecule has 260 valence electrons. The Balaban J connectivity index is 0.000000653. The van der Waals surface area contributed by atoms with E-state index in [1.54, 1.807) is 18.2 Å². The van der Waals surface area contributed by atoms with Crippen LogP contribution < -0.4 is 0 Å². The summed E-state index contributed by atoms with van der Waals surface area (Å²) in [7, 11) is 0. The van der Waals surface area contributed by atoms with Crippen molar-refractivity contribution in [3.8, 4) is 17.2 Å². The standard InChI is InChI=1S/3C14H22O.H3P/c3*1-13(2,3)10-7-8-12(15)11(9-10)14(4,5)6;/h3*7-9,15H,1-6H3;1H3. The molecule has 0 bridgehead atoms. The topological polar surface area (TPSA) is 60.7 Å². The van der Waals surface area contributed by atoms with Crippen LogP contribution in [-0.2, 0) is 32.5 Å². The van der Waals surface area contributed by atoms with Crippen LogP contribution in [0.2, 0.25) is 0 Å². The Labute approximate surface area is 286 Å². The van der Waals surface area contributed by atoms with Gasteiger partial charge in [0.15, 0.2) is 0 Å². The van der Waals surface area contributed by atoms with E-state index in [1.807, 2.05) is 18.2 Å². The van der Waals surface area contributed by atoms with Crippen molar-refractivity contribution in [2.75, 3.05) is 0 Å². The Morgan fingerprint density at radius 2 is 0.478 bits per heavy atom. The molecule has 1 unspecified atom stereocenters. The molecule has 0 spiro atoms. The molecule has 4 heteroatoms. The van der Waals surface area contributed by atoms with Crippen LogP contribution >= 0.6 is 9.90 Å². The van der Waals surface area contributed by atoms with Gasteiger partial charge in [-0.1, -0.05) is 161 Å². The first-order valence-electron chi connectivity index (χ1n) is 16.4. The van der Waals surface area contributed by atoms with Crippen molar-refractivity contribution < 1.29 is 15.3 Å². The normalized spacial score (nSPS) is 12.7. The molecule has 0 aliphatic carbocycles. The highest BCUT2D eigenvalue weighted by atomic mass is 31.0. The summed E-state index contributed by atoms with van der Waals surface area (Å²) in [5.41, 5.74) is 7.25. The van der Waals surface area contributed by atoms with Gasteiger partial charge in [-0.25, -0.2) is 0 Å². The molecule has 3 nitrogen and oxygen atoms in total. The minimum atomic E-state index is -0.00859. The third kappa shape index (κ3) is 12.9. The molecule has 1 atom stereocenters. The number of benzene rings is 3. The van der Waals surface area contributed by atoms with Gasteiger partial charge in [0.2, 0.25) is 0 Å². The van der Waals surface area contributed by atoms with Gasteiger partial charge >= 0.3 is 0 Å². The molecule has 3 aromatic carbocycles. The summed E-state index contributed by atoms with van der Waals surface area (Å²) in [4.78, 5) is 0. The monoisotopic (exact) mass is 652 g/mol. The molecular formula is C42H69O3P. The Morgan fingerprint density at radius 1 is 0.304 bits per heavy atom. The predicted molar refractivity (Wildman–Crippen MR) is 208 cm³/mol. The van der Waals surface area contributed by atoms with Gasteiger partial charge in [-0.3, -0.25) is 0 Å². The van der Waals surface area contributed by atoms with Gasteiger partial charge in [-0.2, -0.15) is 9.90 Å². The zero-order chi connectivity index (χ0) is 35.6. The first kappa shape index (κ1) is 43.5. The first-order valence-corrected chi connectivity index (χ1v) is 16.4. The molecule has 3 N–H and O–H groups in total. The molecule has 0 radical (unpaired) electrons. The molecule has 0 aliphatic rings. The van der Waals surface area contributed by atoms with Crippen molar-refractivity contribution >= 4 is 9.90 Å². The van der Waals surface area contributed by atoms with E-state index in [0.717, 1.165) is 16.7 Å². The van der Waals surface area contributed by atoms with E-state index in [-0.39, 0.29) is 42.4 Å². The van der Waals surface area contributed by atoms with Gasteiger partial charge in [-0.15, -0.1) is 0 Å². The van der Waals surface area contributed by atoms with Gasteiger partial charge in [0.25, 0.3) is 0 Å². The van der Waals surface area contributed by atoms with Gasteiger partial charge in [-0.05, 0) is 84.1 Å². The first-order chi connectivity index (χ1) is 19.9. The molecule has 0 fully saturated rings. The minimum absolute atomic E-state index is 0. The summed E-state index contributed by atoms with van der Waals surface area (Å²) < 4.78 is 0. The Hall–Kier alpha value is -2.51. The second kappa shape index (κ2) is 15.1. The lowest BCUT2D eigenvalue weighted by atomic mass is 9.80. The van der Waals surface area contributed by atoms with Crippen molar-refractivity contribution in [1.82, 2.24) is 0 Å². The third-order valence-electron chi connectivity index (χ3n) is 8.01. The van der Waals surface area contributed by atoms with Crippen LogP contribution in [0, 0.1) is 0 Å². The molecule has 0 saturated heterocycles. The van der Waals surface area contributed by atoms with Crippen molar-refractivity contribution in [3.05, 3.63) is 88.0 Å². The molecule has 3 rings (SSSR count). The maximum absolute atomic E-state index is 9.84. The summed E-state index contributed by atoms with van der Waals surface area (Å²) in [6, 6.07) is 17.8. The van der Waals surface area contributed by atoms with Crippen LogP contribution in [0.15, 0.2) is 54.6 Å². The van der Waals surface area contributed by atoms with E-state index in [9.17, 15) is 15.3 Å². The second-order valence-corrected chi connectivity index (χ2v) is 18.7. The van der Waals surface area contributed by atoms with Gasteiger partial charge in [0.05, 0.1) is 0 Å². The third-order valence-corrected chi connectivity index (χ3v) is 8.01. The van der Waals surface area contributed by atoms with Crippen LogP contribution in [0.4, 0.5) is 0 Å². The van der Waals surface area contributed by atoms with E-state index >= 15 is 0 Å². The maximum atomic E-state index is 9.84. The molecule has 0 aromatic heterocycles. The summed E-state index contributed by atoms with van der Waals surface area (Å²) in [6.07, 6.45) is 0. The Kier molecular flexibility index (Phi) is 14.3. The summed E-state index contributed by atoms with van der Waals surface area (Å²) in [5.74, 6) is 1.20. The SMILES string of the molecule is CC(C)(C)c1ccc(O)c(C(C)(C)C)c1.CC(C)(C)c1ccc(O)c(C(C)(C)C)c1.CC(C)(C)c1ccc(O)c(C(C)(C)C)c1.P. The highest BCUT2D eigenvalue weighted by Crippen LogP contribution is 2.37. The second-order valence-electron chi connectivity index (χ2n) is 18.7. The minimum Gasteiger partial charge on any atom is -0.508 e. The number of aromatic hydroxyl groups is 3. The lowest BCUT2D eigenvalue weighted by molar-refractivity contribution is 0.444. The van der Waals surface area contributed by atoms with Crippen LogP contribution in [0.5, 0.6) is 17.2 Å². The highest BCUT2D eigenvalue weighted by molar-refractivity contribution is 6.92. The van der Waals surface area contributed by atoms with Gasteiger partial charge in [0, 0.05) is 0 Å². The van der Waals surface area contributed by atoms with E-state index < -0.39 is 0 Å². The molecule has 0 heterocycles. The van der Waals surface area contributed by atoms with E-state index in [1.165, 1.54) is 16.7 Å². The zero-order valence-corrected chi connectivity index (χ0v) is 34.2. The maximum Gasteiger partial charge on any atom is 0.119 e. The smallest absolute Gasteiger partial charge is 0.119 e. The van der Waals surface area contributed by atoms with E-state index in [4.69, 9.17) is 0 Å². The van der Waals surface area contributed by atoms with Crippen LogP contribution in [0.1, 0.15) is 158 Å². The molecule has 0 saturated carbocycles. The average Bonchev–Trinajstić information content (AvgIpc) is 2.81. The molecule has 0 aliphatic heterocycles. The number of phenolic OH excluding ortho intramolecular Hbond substituents is 3. The van der Waals surface area contributed by atoms with Crippen LogP contribution in [-0.4, -0.2) is 15.3 Å². The molecule has 0 amide bonds. The fraction of sp³-hybridized carbons (Fsp3) is 0.571. The fourth-order valence-corrected chi connectivity index (χ4v) is 4.81. The largest absolute Gasteiger partial charge is 0.508 e. The summed E-state index contributed by atoms with van der Waals surface area (Å²) in [6.45, 7) is 38.8. The van der Waals surface area contributed by atoms with Crippen LogP contribution in [0.3, 0.4) is 0 Å². The lowest BCUT2D eigenvalue weighted by Gasteiger charge is -2.25. The highest BCUT2D eigenvalue weighted by Gasteiger charge is 2.24. The average molecular weight is 653 g/mol. The van der Waals surface area contributed by atoms with Crippen LogP contribution in [0.25, 0.3) is 0 Å². The number of hydrogen-bond acceptors (Lipinski definition) is 3.